The third kappa shape index (κ3) is 10.8. The Morgan fingerprint density at radius 1 is 1.20 bits per heavy atom. The van der Waals surface area contributed by atoms with Crippen molar-refractivity contribution in [3.63, 3.8) is 0 Å². The lowest BCUT2D eigenvalue weighted by Gasteiger charge is -2.21. The molecule has 2 heterocycles. The molecule has 1 saturated heterocycles. The minimum atomic E-state index is 0. The molecule has 172 valence electrons. The number of hydrogen-bond donors (Lipinski definition) is 2. The number of aliphatic imine (C=N–C) groups is 1. The van der Waals surface area contributed by atoms with Gasteiger partial charge in [0.25, 0.3) is 0 Å². The van der Waals surface area contributed by atoms with Gasteiger partial charge in [-0.15, -0.1) is 24.0 Å². The van der Waals surface area contributed by atoms with Crippen LogP contribution in [0.15, 0.2) is 23.3 Å². The van der Waals surface area contributed by atoms with Gasteiger partial charge in [-0.05, 0) is 50.9 Å². The zero-order valence-electron chi connectivity index (χ0n) is 19.0. The number of nitrogens with one attached hydrogen (secondary N) is 2. The topological polar surface area (TPSA) is 65.0 Å². The molecule has 2 rings (SSSR count). The third-order valence-electron chi connectivity index (χ3n) is 5.18. The Morgan fingerprint density at radius 2 is 1.97 bits per heavy atom. The van der Waals surface area contributed by atoms with Crippen LogP contribution in [0.3, 0.4) is 0 Å². The minimum absolute atomic E-state index is 0. The molecule has 7 nitrogen and oxygen atoms in total. The summed E-state index contributed by atoms with van der Waals surface area (Å²) in [5.74, 6) is 1.96. The average molecular weight is 533 g/mol. The molecule has 0 amide bonds. The summed E-state index contributed by atoms with van der Waals surface area (Å²) in [4.78, 5) is 14.1. The van der Waals surface area contributed by atoms with Gasteiger partial charge in [-0.25, -0.2) is 9.98 Å². The molecule has 1 aliphatic rings. The summed E-state index contributed by atoms with van der Waals surface area (Å²) < 4.78 is 5.12. The quantitative estimate of drug-likeness (QED) is 0.198. The Hall–Kier alpha value is -1.13. The number of anilines is 1. The highest BCUT2D eigenvalue weighted by Gasteiger charge is 2.11. The second-order valence-corrected chi connectivity index (χ2v) is 7.70. The van der Waals surface area contributed by atoms with Crippen molar-refractivity contribution in [2.45, 2.75) is 45.6 Å². The van der Waals surface area contributed by atoms with Crippen LogP contribution in [0, 0.1) is 0 Å². The largest absolute Gasteiger partial charge is 0.385 e. The predicted octanol–water partition coefficient (Wildman–Crippen LogP) is 3.10. The molecule has 0 unspecified atom stereocenters. The Labute approximate surface area is 200 Å². The van der Waals surface area contributed by atoms with Crippen LogP contribution in [-0.4, -0.2) is 75.9 Å². The minimum Gasteiger partial charge on any atom is -0.385 e. The fourth-order valence-corrected chi connectivity index (χ4v) is 3.50. The van der Waals surface area contributed by atoms with E-state index in [0.717, 1.165) is 64.1 Å². The molecule has 1 fully saturated rings. The summed E-state index contributed by atoms with van der Waals surface area (Å²) in [6, 6.07) is 4.26. The molecule has 0 bridgehead atoms. The number of aromatic nitrogens is 1. The molecule has 0 radical (unpaired) electrons. The summed E-state index contributed by atoms with van der Waals surface area (Å²) in [7, 11) is 3.89. The van der Waals surface area contributed by atoms with Gasteiger partial charge in [-0.3, -0.25) is 0 Å². The first-order valence-electron chi connectivity index (χ1n) is 11.1. The SMILES string of the molecule is CCNC(=NCc1ccnc(N2CCCCCC2)c1)NCCN(C)CCCOC.I. The van der Waals surface area contributed by atoms with E-state index in [9.17, 15) is 0 Å². The first-order chi connectivity index (χ1) is 14.2. The van der Waals surface area contributed by atoms with Crippen molar-refractivity contribution in [2.75, 3.05) is 64.9 Å². The summed E-state index contributed by atoms with van der Waals surface area (Å²) in [5.41, 5.74) is 1.20. The van der Waals surface area contributed by atoms with Gasteiger partial charge in [0, 0.05) is 59.2 Å². The van der Waals surface area contributed by atoms with Crippen molar-refractivity contribution in [3.05, 3.63) is 23.9 Å². The monoisotopic (exact) mass is 532 g/mol. The standard InChI is InChI=1S/C22H40N6O.HI/c1-4-23-22(25-12-16-27(2)13-9-17-29-3)26-19-20-10-11-24-21(18-20)28-14-7-5-6-8-15-28;/h10-11,18H,4-9,12-17,19H2,1-3H3,(H2,23,25,26);1H. The van der Waals surface area contributed by atoms with Crippen molar-refractivity contribution < 1.29 is 4.74 Å². The molecule has 0 spiro atoms. The van der Waals surface area contributed by atoms with Crippen molar-refractivity contribution >= 4 is 35.8 Å². The van der Waals surface area contributed by atoms with Crippen LogP contribution in [0.5, 0.6) is 0 Å². The van der Waals surface area contributed by atoms with Crippen molar-refractivity contribution in [1.82, 2.24) is 20.5 Å². The molecule has 2 N–H and O–H groups in total. The Kier molecular flexibility index (Phi) is 14.8. The van der Waals surface area contributed by atoms with Crippen molar-refractivity contribution in [2.24, 2.45) is 4.99 Å². The average Bonchev–Trinajstić information content (AvgIpc) is 3.02. The van der Waals surface area contributed by atoms with E-state index in [1.54, 1.807) is 7.11 Å². The highest BCUT2D eigenvalue weighted by molar-refractivity contribution is 14.0. The molecule has 30 heavy (non-hydrogen) atoms. The van der Waals surface area contributed by atoms with Crippen LogP contribution >= 0.6 is 24.0 Å². The third-order valence-corrected chi connectivity index (χ3v) is 5.18. The highest BCUT2D eigenvalue weighted by atomic mass is 127. The molecule has 0 aliphatic carbocycles. The molecule has 0 atom stereocenters. The van der Waals surface area contributed by atoms with Crippen LogP contribution in [0.1, 0.15) is 44.6 Å². The summed E-state index contributed by atoms with van der Waals surface area (Å²) in [6.07, 6.45) is 8.17. The predicted molar refractivity (Wildman–Crippen MR) is 137 cm³/mol. The summed E-state index contributed by atoms with van der Waals surface area (Å²) in [5, 5.41) is 6.78. The van der Waals surface area contributed by atoms with Crippen molar-refractivity contribution in [3.8, 4) is 0 Å². The van der Waals surface area contributed by atoms with E-state index < -0.39 is 0 Å². The maximum Gasteiger partial charge on any atom is 0.191 e. The zero-order chi connectivity index (χ0) is 20.7. The van der Waals surface area contributed by atoms with E-state index in [1.807, 2.05) is 6.20 Å². The molecule has 1 aliphatic heterocycles. The molecular formula is C22H41IN6O. The second kappa shape index (κ2) is 16.5. The van der Waals surface area contributed by atoms with Gasteiger partial charge in [0.2, 0.25) is 0 Å². The second-order valence-electron chi connectivity index (χ2n) is 7.70. The van der Waals surface area contributed by atoms with Gasteiger partial charge >= 0.3 is 0 Å². The lowest BCUT2D eigenvalue weighted by molar-refractivity contribution is 0.180. The summed E-state index contributed by atoms with van der Waals surface area (Å²) in [6.45, 7) is 9.52. The number of hydrogen-bond acceptors (Lipinski definition) is 5. The Morgan fingerprint density at radius 3 is 2.67 bits per heavy atom. The van der Waals surface area contributed by atoms with Gasteiger partial charge in [-0.1, -0.05) is 12.8 Å². The van der Waals surface area contributed by atoms with E-state index in [2.05, 4.69) is 51.5 Å². The normalized spacial score (nSPS) is 14.9. The van der Waals surface area contributed by atoms with Gasteiger partial charge in [0.05, 0.1) is 6.54 Å². The maximum absolute atomic E-state index is 5.12. The van der Waals surface area contributed by atoms with Crippen LogP contribution in [0.4, 0.5) is 5.82 Å². The zero-order valence-corrected chi connectivity index (χ0v) is 21.4. The fourth-order valence-electron chi connectivity index (χ4n) is 3.50. The number of guanidine groups is 1. The van der Waals surface area contributed by atoms with E-state index in [-0.39, 0.29) is 24.0 Å². The number of rotatable bonds is 11. The van der Waals surface area contributed by atoms with E-state index in [0.29, 0.717) is 6.54 Å². The van der Waals surface area contributed by atoms with E-state index in [4.69, 9.17) is 9.73 Å². The van der Waals surface area contributed by atoms with Crippen LogP contribution in [0.2, 0.25) is 0 Å². The Balaban J connectivity index is 0.00000450. The first kappa shape index (κ1) is 26.9. The molecule has 0 saturated carbocycles. The Bertz CT molecular complexity index is 593. The number of methoxy groups -OCH3 is 1. The van der Waals surface area contributed by atoms with E-state index in [1.165, 1.54) is 31.2 Å². The van der Waals surface area contributed by atoms with Gasteiger partial charge in [0.1, 0.15) is 5.82 Å². The van der Waals surface area contributed by atoms with Gasteiger partial charge in [-0.2, -0.15) is 0 Å². The smallest absolute Gasteiger partial charge is 0.191 e. The molecule has 1 aromatic rings. The number of likely N-dealkylation sites (N-methyl/N-ethyl adjacent to an activating group) is 1. The lowest BCUT2D eigenvalue weighted by Crippen LogP contribution is -2.41. The van der Waals surface area contributed by atoms with Gasteiger partial charge in [0.15, 0.2) is 5.96 Å². The fraction of sp³-hybridized carbons (Fsp3) is 0.727. The van der Waals surface area contributed by atoms with Gasteiger partial charge < -0.3 is 25.2 Å². The number of ether oxygens (including phenoxy) is 1. The van der Waals surface area contributed by atoms with E-state index >= 15 is 0 Å². The lowest BCUT2D eigenvalue weighted by atomic mass is 10.2. The van der Waals surface area contributed by atoms with Crippen LogP contribution in [-0.2, 0) is 11.3 Å². The maximum atomic E-state index is 5.12. The number of halogens is 1. The van der Waals surface area contributed by atoms with Crippen molar-refractivity contribution in [1.29, 1.82) is 0 Å². The highest BCUT2D eigenvalue weighted by Crippen LogP contribution is 2.18. The van der Waals surface area contributed by atoms with Crippen LogP contribution < -0.4 is 15.5 Å². The molecule has 0 aromatic carbocycles. The first-order valence-corrected chi connectivity index (χ1v) is 11.1. The van der Waals surface area contributed by atoms with Crippen LogP contribution in [0.25, 0.3) is 0 Å². The number of nitrogens with zero attached hydrogens (tertiary/aromatic N) is 4. The summed E-state index contributed by atoms with van der Waals surface area (Å²) >= 11 is 0. The molecular weight excluding hydrogens is 491 g/mol. The number of pyridine rings is 1. The molecule has 8 heteroatoms. The molecule has 1 aromatic heterocycles.